The Kier molecular flexibility index (Phi) is 3.06. The van der Waals surface area contributed by atoms with E-state index in [2.05, 4.69) is 4.74 Å². The van der Waals surface area contributed by atoms with E-state index in [9.17, 15) is 22.8 Å². The normalized spacial score (nSPS) is 27.7. The van der Waals surface area contributed by atoms with E-state index < -0.39 is 35.9 Å². The maximum Gasteiger partial charge on any atom is 0.412 e. The minimum absolute atomic E-state index is 0.148. The highest BCUT2D eigenvalue weighted by Crippen LogP contribution is 2.45. The van der Waals surface area contributed by atoms with Crippen molar-refractivity contribution in [3.8, 4) is 0 Å². The van der Waals surface area contributed by atoms with Crippen LogP contribution in [0.25, 0.3) is 0 Å². The number of ether oxygens (including phenoxy) is 1. The molecule has 2 N–H and O–H groups in total. The van der Waals surface area contributed by atoms with Gasteiger partial charge in [-0.05, 0) is 13.3 Å². The molecule has 0 unspecified atom stereocenters. The summed E-state index contributed by atoms with van der Waals surface area (Å²) < 4.78 is 44.2. The molecule has 1 saturated heterocycles. The molecule has 0 aliphatic carbocycles. The molecule has 1 aromatic rings. The number of rotatable bonds is 2. The van der Waals surface area contributed by atoms with E-state index in [1.165, 1.54) is 6.92 Å². The van der Waals surface area contributed by atoms with Gasteiger partial charge in [0.2, 0.25) is 0 Å². The second-order valence-electron chi connectivity index (χ2n) is 4.36. The van der Waals surface area contributed by atoms with Crippen LogP contribution in [0, 0.1) is 6.92 Å². The number of nitrogens with one attached hydrogen (secondary N) is 1. The van der Waals surface area contributed by atoms with Crippen LogP contribution in [0.15, 0.2) is 15.8 Å². The summed E-state index contributed by atoms with van der Waals surface area (Å²) in [6.45, 7) is 1.40. The van der Waals surface area contributed by atoms with Crippen molar-refractivity contribution in [2.24, 2.45) is 0 Å². The zero-order valence-corrected chi connectivity index (χ0v) is 9.82. The second kappa shape index (κ2) is 4.20. The first-order valence-electron chi connectivity index (χ1n) is 5.43. The Bertz CT molecular complexity index is 606. The summed E-state index contributed by atoms with van der Waals surface area (Å²) in [6.07, 6.45) is -5.90. The van der Waals surface area contributed by atoms with Gasteiger partial charge < -0.3 is 9.84 Å². The van der Waals surface area contributed by atoms with E-state index >= 15 is 0 Å². The highest BCUT2D eigenvalue weighted by molar-refractivity contribution is 5.02. The van der Waals surface area contributed by atoms with E-state index in [-0.39, 0.29) is 12.0 Å². The van der Waals surface area contributed by atoms with Crippen molar-refractivity contribution in [3.05, 3.63) is 32.6 Å². The average Bonchev–Trinajstić information content (AvgIpc) is 2.67. The van der Waals surface area contributed by atoms with Gasteiger partial charge in [-0.15, -0.1) is 0 Å². The summed E-state index contributed by atoms with van der Waals surface area (Å²) in [6, 6.07) is 0. The number of hydrogen-bond donors (Lipinski definition) is 2. The second-order valence-corrected chi connectivity index (χ2v) is 4.36. The summed E-state index contributed by atoms with van der Waals surface area (Å²) in [7, 11) is 0. The molecule has 106 valence electrons. The fraction of sp³-hybridized carbons (Fsp3) is 0.600. The molecule has 0 saturated carbocycles. The Morgan fingerprint density at radius 1 is 1.58 bits per heavy atom. The standard InChI is InChI=1S/C10H11F3N2O4/c1-5-4-15(8(17)14-7(5)16)6-2-3-9(11,19-6)10(12,13)18/h4,6,18H,2-3H2,1H3,(H,14,16,17)/t6-,9+/m1/s1. The maximum atomic E-state index is 13.7. The molecule has 2 rings (SSSR count). The first-order chi connectivity index (χ1) is 8.64. The Morgan fingerprint density at radius 2 is 2.21 bits per heavy atom. The summed E-state index contributed by atoms with van der Waals surface area (Å²) in [5.74, 6) is -3.54. The molecule has 0 amide bonds. The van der Waals surface area contributed by atoms with E-state index in [1.54, 1.807) is 0 Å². The molecule has 1 aliphatic heterocycles. The van der Waals surface area contributed by atoms with Crippen molar-refractivity contribution in [2.75, 3.05) is 0 Å². The van der Waals surface area contributed by atoms with Gasteiger partial charge in [0.25, 0.3) is 5.56 Å². The van der Waals surface area contributed by atoms with Crippen LogP contribution in [-0.2, 0) is 4.74 Å². The third-order valence-corrected chi connectivity index (χ3v) is 2.94. The van der Waals surface area contributed by atoms with Crippen molar-refractivity contribution < 1.29 is 23.0 Å². The Labute approximate surface area is 104 Å². The molecule has 19 heavy (non-hydrogen) atoms. The molecule has 0 radical (unpaired) electrons. The molecule has 1 aromatic heterocycles. The highest BCUT2D eigenvalue weighted by atomic mass is 19.3. The minimum Gasteiger partial charge on any atom is -0.332 e. The predicted molar refractivity (Wildman–Crippen MR) is 56.4 cm³/mol. The van der Waals surface area contributed by atoms with Crippen LogP contribution in [0.2, 0.25) is 0 Å². The molecule has 6 nitrogen and oxygen atoms in total. The summed E-state index contributed by atoms with van der Waals surface area (Å²) >= 11 is 0. The van der Waals surface area contributed by atoms with E-state index in [1.807, 2.05) is 4.98 Å². The van der Waals surface area contributed by atoms with Gasteiger partial charge in [0.1, 0.15) is 6.23 Å². The Morgan fingerprint density at radius 3 is 2.74 bits per heavy atom. The lowest BCUT2D eigenvalue weighted by Crippen LogP contribution is -2.44. The van der Waals surface area contributed by atoms with Gasteiger partial charge in [-0.25, -0.2) is 9.18 Å². The minimum atomic E-state index is -4.66. The smallest absolute Gasteiger partial charge is 0.332 e. The van der Waals surface area contributed by atoms with Gasteiger partial charge in [0.15, 0.2) is 0 Å². The van der Waals surface area contributed by atoms with Crippen LogP contribution < -0.4 is 11.2 Å². The third kappa shape index (κ3) is 2.30. The number of H-pyrrole nitrogens is 1. The fourth-order valence-corrected chi connectivity index (χ4v) is 1.86. The van der Waals surface area contributed by atoms with Gasteiger partial charge >= 0.3 is 17.7 Å². The number of aromatic amines is 1. The van der Waals surface area contributed by atoms with Gasteiger partial charge in [0, 0.05) is 18.2 Å². The highest BCUT2D eigenvalue weighted by Gasteiger charge is 2.60. The molecule has 2 heterocycles. The number of hydrogen-bond acceptors (Lipinski definition) is 4. The van der Waals surface area contributed by atoms with Gasteiger partial charge in [-0.3, -0.25) is 14.3 Å². The van der Waals surface area contributed by atoms with Crippen LogP contribution in [-0.4, -0.2) is 26.6 Å². The first kappa shape index (κ1) is 13.8. The summed E-state index contributed by atoms with van der Waals surface area (Å²) in [5.41, 5.74) is -1.38. The molecule has 9 heteroatoms. The van der Waals surface area contributed by atoms with Gasteiger partial charge in [-0.2, -0.15) is 8.78 Å². The quantitative estimate of drug-likeness (QED) is 0.821. The summed E-state index contributed by atoms with van der Waals surface area (Å²) in [4.78, 5) is 24.6. The average molecular weight is 280 g/mol. The zero-order chi connectivity index (χ0) is 14.4. The number of nitrogens with zero attached hydrogens (tertiary/aromatic N) is 1. The number of aliphatic hydroxyl groups is 1. The van der Waals surface area contributed by atoms with E-state index in [0.29, 0.717) is 0 Å². The van der Waals surface area contributed by atoms with Crippen LogP contribution in [0.3, 0.4) is 0 Å². The molecular formula is C10H11F3N2O4. The van der Waals surface area contributed by atoms with Gasteiger partial charge in [-0.1, -0.05) is 0 Å². The number of halogens is 3. The molecule has 1 aliphatic rings. The lowest BCUT2D eigenvalue weighted by molar-refractivity contribution is -0.364. The van der Waals surface area contributed by atoms with E-state index in [4.69, 9.17) is 5.11 Å². The van der Waals surface area contributed by atoms with Crippen LogP contribution >= 0.6 is 0 Å². The van der Waals surface area contributed by atoms with Crippen LogP contribution in [0.4, 0.5) is 13.2 Å². The lowest BCUT2D eigenvalue weighted by Gasteiger charge is -2.25. The number of aryl methyl sites for hydroxylation is 1. The molecule has 1 fully saturated rings. The molecule has 0 spiro atoms. The van der Waals surface area contributed by atoms with Crippen LogP contribution in [0.1, 0.15) is 24.6 Å². The summed E-state index contributed by atoms with van der Waals surface area (Å²) in [5, 5.41) is 8.43. The SMILES string of the molecule is Cc1cn([C@H]2CC[C@@](F)(C(O)(F)F)O2)c(=O)[nH]c1=O. The van der Waals surface area contributed by atoms with Gasteiger partial charge in [0.05, 0.1) is 0 Å². The van der Waals surface area contributed by atoms with Crippen molar-refractivity contribution in [2.45, 2.75) is 38.0 Å². The fourth-order valence-electron chi connectivity index (χ4n) is 1.86. The predicted octanol–water partition coefficient (Wildman–Crippen LogP) is 0.405. The monoisotopic (exact) mass is 280 g/mol. The maximum absolute atomic E-state index is 13.7. The lowest BCUT2D eigenvalue weighted by atomic mass is 10.2. The first-order valence-corrected chi connectivity index (χ1v) is 5.43. The van der Waals surface area contributed by atoms with Crippen molar-refractivity contribution in [3.63, 3.8) is 0 Å². The van der Waals surface area contributed by atoms with Crippen molar-refractivity contribution >= 4 is 0 Å². The van der Waals surface area contributed by atoms with Crippen LogP contribution in [0.5, 0.6) is 0 Å². The molecule has 2 atom stereocenters. The largest absolute Gasteiger partial charge is 0.412 e. The van der Waals surface area contributed by atoms with Crippen molar-refractivity contribution in [1.82, 2.24) is 9.55 Å². The van der Waals surface area contributed by atoms with Crippen molar-refractivity contribution in [1.29, 1.82) is 0 Å². The third-order valence-electron chi connectivity index (χ3n) is 2.94. The number of alkyl halides is 3. The topological polar surface area (TPSA) is 84.3 Å². The van der Waals surface area contributed by atoms with E-state index in [0.717, 1.165) is 10.8 Å². The molecule has 0 aromatic carbocycles. The number of aromatic nitrogens is 2. The zero-order valence-electron chi connectivity index (χ0n) is 9.82. The molecular weight excluding hydrogens is 269 g/mol. The Hall–Kier alpha value is -1.61. The molecule has 0 bridgehead atoms. The Balaban J connectivity index is 2.35.